The van der Waals surface area contributed by atoms with E-state index < -0.39 is 0 Å². The van der Waals surface area contributed by atoms with Gasteiger partial charge in [-0.05, 0) is 50.9 Å². The number of guanidine groups is 1. The van der Waals surface area contributed by atoms with Gasteiger partial charge >= 0.3 is 0 Å². The summed E-state index contributed by atoms with van der Waals surface area (Å²) in [6, 6.07) is 3.89. The number of anilines is 1. The van der Waals surface area contributed by atoms with E-state index in [2.05, 4.69) is 32.4 Å². The lowest BCUT2D eigenvalue weighted by molar-refractivity contribution is 0.236. The van der Waals surface area contributed by atoms with Crippen molar-refractivity contribution in [1.29, 1.82) is 0 Å². The summed E-state index contributed by atoms with van der Waals surface area (Å²) in [7, 11) is 1.80. The molecule has 0 radical (unpaired) electrons. The van der Waals surface area contributed by atoms with Crippen molar-refractivity contribution in [3.63, 3.8) is 0 Å². The lowest BCUT2D eigenvalue weighted by atomic mass is 10.2. The van der Waals surface area contributed by atoms with Gasteiger partial charge in [-0.1, -0.05) is 6.92 Å². The van der Waals surface area contributed by atoms with Gasteiger partial charge in [0.25, 0.3) is 0 Å². The van der Waals surface area contributed by atoms with Crippen molar-refractivity contribution in [3.05, 3.63) is 24.1 Å². The maximum Gasteiger partial charge on any atom is 0.191 e. The Morgan fingerprint density at radius 3 is 2.88 bits per heavy atom. The first-order valence-corrected chi connectivity index (χ1v) is 9.78. The molecule has 2 atom stereocenters. The molecule has 0 saturated carbocycles. The Labute approximate surface area is 155 Å². The molecule has 2 aliphatic rings. The molecule has 2 fully saturated rings. The Balaban J connectivity index is 1.49. The number of halogens is 1. The molecule has 2 aliphatic heterocycles. The first kappa shape index (κ1) is 18.9. The molecule has 0 bridgehead atoms. The first-order valence-electron chi connectivity index (χ1n) is 9.78. The van der Waals surface area contributed by atoms with Gasteiger partial charge < -0.3 is 15.5 Å². The maximum absolute atomic E-state index is 13.9. The number of likely N-dealkylation sites (tertiary alicyclic amines) is 1. The van der Waals surface area contributed by atoms with Gasteiger partial charge in [-0.2, -0.15) is 0 Å². The van der Waals surface area contributed by atoms with E-state index in [1.165, 1.54) is 32.0 Å². The van der Waals surface area contributed by atoms with Gasteiger partial charge in [0.15, 0.2) is 17.6 Å². The number of aliphatic imine (C=N–C) groups is 1. The molecule has 3 heterocycles. The summed E-state index contributed by atoms with van der Waals surface area (Å²) in [5, 5.41) is 6.96. The number of hydrogen-bond acceptors (Lipinski definition) is 4. The van der Waals surface area contributed by atoms with Crippen molar-refractivity contribution in [2.75, 3.05) is 44.7 Å². The van der Waals surface area contributed by atoms with Gasteiger partial charge in [0.05, 0.1) is 0 Å². The lowest BCUT2D eigenvalue weighted by Gasteiger charge is -2.28. The number of hydrogen-bond donors (Lipinski definition) is 2. The molecule has 6 nitrogen and oxygen atoms in total. The third-order valence-corrected chi connectivity index (χ3v) is 5.42. The molecule has 26 heavy (non-hydrogen) atoms. The van der Waals surface area contributed by atoms with Crippen molar-refractivity contribution >= 4 is 11.8 Å². The van der Waals surface area contributed by atoms with Crippen molar-refractivity contribution < 1.29 is 4.39 Å². The molecule has 2 unspecified atom stereocenters. The highest BCUT2D eigenvalue weighted by Crippen LogP contribution is 2.20. The number of pyridine rings is 1. The molecule has 1 aromatic rings. The van der Waals surface area contributed by atoms with Gasteiger partial charge in [-0.15, -0.1) is 0 Å². The minimum Gasteiger partial charge on any atom is -0.355 e. The predicted octanol–water partition coefficient (Wildman–Crippen LogP) is 1.84. The van der Waals surface area contributed by atoms with Crippen LogP contribution in [0, 0.1) is 5.82 Å². The largest absolute Gasteiger partial charge is 0.355 e. The monoisotopic (exact) mass is 362 g/mol. The smallest absolute Gasteiger partial charge is 0.191 e. The highest BCUT2D eigenvalue weighted by Gasteiger charge is 2.26. The SMILES string of the molecule is CCC(CNC(=NC)NC1CCN(c2ncccc2F)C1)N1CCCC1. The van der Waals surface area contributed by atoms with E-state index >= 15 is 0 Å². The van der Waals surface area contributed by atoms with E-state index in [0.29, 0.717) is 11.9 Å². The van der Waals surface area contributed by atoms with Crippen LogP contribution >= 0.6 is 0 Å². The Morgan fingerprint density at radius 1 is 1.38 bits per heavy atom. The van der Waals surface area contributed by atoms with Crippen LogP contribution in [0.1, 0.15) is 32.6 Å². The molecule has 3 rings (SSSR count). The predicted molar refractivity (Wildman–Crippen MR) is 104 cm³/mol. The second-order valence-corrected chi connectivity index (χ2v) is 7.14. The van der Waals surface area contributed by atoms with Crippen molar-refractivity contribution in [2.24, 2.45) is 4.99 Å². The number of aromatic nitrogens is 1. The fraction of sp³-hybridized carbons (Fsp3) is 0.684. The van der Waals surface area contributed by atoms with Crippen LogP contribution in [0.25, 0.3) is 0 Å². The van der Waals surface area contributed by atoms with Crippen LogP contribution in [0.4, 0.5) is 10.2 Å². The van der Waals surface area contributed by atoms with Gasteiger partial charge in [0.1, 0.15) is 0 Å². The van der Waals surface area contributed by atoms with E-state index in [1.807, 2.05) is 4.90 Å². The molecule has 0 aliphatic carbocycles. The van der Waals surface area contributed by atoms with Crippen molar-refractivity contribution in [3.8, 4) is 0 Å². The number of rotatable bonds is 6. The molecule has 1 aromatic heterocycles. The molecule has 0 amide bonds. The van der Waals surface area contributed by atoms with Crippen LogP contribution in [-0.4, -0.2) is 67.7 Å². The summed E-state index contributed by atoms with van der Waals surface area (Å²) in [6.07, 6.45) is 6.35. The maximum atomic E-state index is 13.9. The van der Waals surface area contributed by atoms with Crippen LogP contribution in [0.2, 0.25) is 0 Å². The third kappa shape index (κ3) is 4.63. The summed E-state index contributed by atoms with van der Waals surface area (Å²) in [4.78, 5) is 13.1. The highest BCUT2D eigenvalue weighted by molar-refractivity contribution is 5.80. The van der Waals surface area contributed by atoms with E-state index in [4.69, 9.17) is 0 Å². The van der Waals surface area contributed by atoms with Crippen molar-refractivity contribution in [1.82, 2.24) is 20.5 Å². The van der Waals surface area contributed by atoms with E-state index in [1.54, 1.807) is 19.3 Å². The number of nitrogens with one attached hydrogen (secondary N) is 2. The Bertz CT molecular complexity index is 601. The van der Waals surface area contributed by atoms with Gasteiger partial charge in [0, 0.05) is 45.0 Å². The Hall–Kier alpha value is -1.89. The van der Waals surface area contributed by atoms with Crippen LogP contribution in [-0.2, 0) is 0 Å². The zero-order valence-corrected chi connectivity index (χ0v) is 15.9. The lowest BCUT2D eigenvalue weighted by Crippen LogP contribution is -2.49. The highest BCUT2D eigenvalue weighted by atomic mass is 19.1. The van der Waals surface area contributed by atoms with Gasteiger partial charge in [0.2, 0.25) is 0 Å². The normalized spacial score (nSPS) is 22.7. The zero-order chi connectivity index (χ0) is 18.4. The summed E-state index contributed by atoms with van der Waals surface area (Å²) in [5.41, 5.74) is 0. The minimum absolute atomic E-state index is 0.245. The van der Waals surface area contributed by atoms with Crippen molar-refractivity contribution in [2.45, 2.75) is 44.7 Å². The number of nitrogens with zero attached hydrogens (tertiary/aromatic N) is 4. The Kier molecular flexibility index (Phi) is 6.66. The van der Waals surface area contributed by atoms with Gasteiger partial charge in [-0.3, -0.25) is 9.89 Å². The van der Waals surface area contributed by atoms with Crippen LogP contribution in [0.5, 0.6) is 0 Å². The van der Waals surface area contributed by atoms with E-state index in [9.17, 15) is 4.39 Å². The quantitative estimate of drug-likeness (QED) is 0.597. The van der Waals surface area contributed by atoms with Crippen LogP contribution in [0.15, 0.2) is 23.3 Å². The summed E-state index contributed by atoms with van der Waals surface area (Å²) >= 11 is 0. The minimum atomic E-state index is -0.257. The van der Waals surface area contributed by atoms with Gasteiger partial charge in [-0.25, -0.2) is 9.37 Å². The fourth-order valence-electron chi connectivity index (χ4n) is 3.92. The molecule has 2 saturated heterocycles. The summed E-state index contributed by atoms with van der Waals surface area (Å²) in [5.74, 6) is 1.02. The molecular weight excluding hydrogens is 331 g/mol. The topological polar surface area (TPSA) is 55.8 Å². The first-order chi connectivity index (χ1) is 12.7. The standard InChI is InChI=1S/C19H31FN6/c1-3-16(25-10-4-5-11-25)13-23-19(21-2)24-15-8-12-26(14-15)18-17(20)7-6-9-22-18/h6-7,9,15-16H,3-5,8,10-14H2,1-2H3,(H2,21,23,24). The summed E-state index contributed by atoms with van der Waals surface area (Å²) in [6.45, 7) is 7.10. The zero-order valence-electron chi connectivity index (χ0n) is 15.9. The average molecular weight is 362 g/mol. The van der Waals surface area contributed by atoms with Crippen LogP contribution in [0.3, 0.4) is 0 Å². The molecule has 2 N–H and O–H groups in total. The fourth-order valence-corrected chi connectivity index (χ4v) is 3.92. The molecule has 144 valence electrons. The molecule has 0 spiro atoms. The van der Waals surface area contributed by atoms with Crippen LogP contribution < -0.4 is 15.5 Å². The second-order valence-electron chi connectivity index (χ2n) is 7.14. The second kappa shape index (κ2) is 9.16. The molecular formula is C19H31FN6. The summed E-state index contributed by atoms with van der Waals surface area (Å²) < 4.78 is 13.9. The molecule has 7 heteroatoms. The van der Waals surface area contributed by atoms with E-state index in [0.717, 1.165) is 38.4 Å². The average Bonchev–Trinajstić information content (AvgIpc) is 3.34. The third-order valence-electron chi connectivity index (χ3n) is 5.42. The molecule has 0 aromatic carbocycles. The van der Waals surface area contributed by atoms with E-state index in [-0.39, 0.29) is 11.9 Å². The Morgan fingerprint density at radius 2 is 2.19 bits per heavy atom.